The van der Waals surface area contributed by atoms with Gasteiger partial charge in [-0.05, 0) is 103 Å². The number of carboxylic acid groups (broad SMARTS) is 1. The maximum Gasteiger partial charge on any atom is 0.339 e. The molecule has 0 saturated heterocycles. The number of amides is 5. The Morgan fingerprint density at radius 1 is 0.625 bits per heavy atom. The Bertz CT molecular complexity index is 2680. The number of anilines is 4. The highest BCUT2D eigenvalue weighted by atomic mass is 16.5. The molecule has 2 unspecified atom stereocenters. The van der Waals surface area contributed by atoms with Gasteiger partial charge in [0.25, 0.3) is 29.5 Å². The van der Waals surface area contributed by atoms with Crippen molar-refractivity contribution in [3.63, 3.8) is 0 Å². The van der Waals surface area contributed by atoms with Crippen molar-refractivity contribution in [3.8, 4) is 34.8 Å². The Morgan fingerprint density at radius 3 is 1.64 bits per heavy atom. The first-order chi connectivity index (χ1) is 30.6. The fourth-order valence-electron chi connectivity index (χ4n) is 6.00. The van der Waals surface area contributed by atoms with Gasteiger partial charge in [0.15, 0.2) is 29.1 Å². The van der Waals surface area contributed by atoms with E-state index in [9.17, 15) is 54.5 Å². The molecule has 0 radical (unpaired) electrons. The average Bonchev–Trinajstić information content (AvgIpc) is 3.27. The number of aromatic hydroxyl groups is 3. The lowest BCUT2D eigenvalue weighted by Gasteiger charge is -2.22. The quantitative estimate of drug-likeness (QED) is 0.0566. The number of phenolic OH excluding ortho intramolecular Hbond substituents is 2. The molecular formula is C45H40N6O13. The van der Waals surface area contributed by atoms with E-state index in [1.165, 1.54) is 93.1 Å². The minimum absolute atomic E-state index is 0.0331. The van der Waals surface area contributed by atoms with Gasteiger partial charge in [-0.15, -0.1) is 0 Å². The van der Waals surface area contributed by atoms with Crippen molar-refractivity contribution in [2.75, 3.05) is 42.6 Å². The van der Waals surface area contributed by atoms with Gasteiger partial charge >= 0.3 is 5.97 Å². The molecule has 328 valence electrons. The first kappa shape index (κ1) is 46.2. The number of nitrogens with zero attached hydrogens (tertiary/aromatic N) is 1. The fraction of sp³-hybridized carbons (Fsp3) is 0.133. The highest BCUT2D eigenvalue weighted by Gasteiger charge is 2.31. The van der Waals surface area contributed by atoms with Gasteiger partial charge in [0.2, 0.25) is 0 Å². The maximum atomic E-state index is 13.4. The Kier molecular flexibility index (Phi) is 14.9. The van der Waals surface area contributed by atoms with Crippen LogP contribution in [0.25, 0.3) is 6.08 Å². The SMILES string of the molecule is COc1c(NC(=O)c2ccc(NC(=O)c3ccc(NC(=O)C(NC(=O)c4ccc(NC(=O)/C(C)=C/c5ccc(O)cc5)cc4)C(C#N)OC)cc3)c(OC)c2O)ccc(C(=O)O)c1O. The topological polar surface area (TPSA) is 295 Å². The van der Waals surface area contributed by atoms with E-state index in [1.807, 2.05) is 6.07 Å². The van der Waals surface area contributed by atoms with Gasteiger partial charge < -0.3 is 61.2 Å². The molecule has 0 saturated carbocycles. The van der Waals surface area contributed by atoms with Gasteiger partial charge in [-0.1, -0.05) is 12.1 Å². The number of carbonyl (C=O) groups excluding carboxylic acids is 5. The third kappa shape index (κ3) is 10.9. The first-order valence-corrected chi connectivity index (χ1v) is 18.8. The monoisotopic (exact) mass is 872 g/mol. The summed E-state index contributed by atoms with van der Waals surface area (Å²) in [6, 6.07) is 22.6. The van der Waals surface area contributed by atoms with Crippen molar-refractivity contribution in [3.05, 3.63) is 130 Å². The molecule has 9 N–H and O–H groups in total. The van der Waals surface area contributed by atoms with Crippen molar-refractivity contribution in [1.29, 1.82) is 5.26 Å². The lowest BCUT2D eigenvalue weighted by Crippen LogP contribution is -2.51. The Balaban J connectivity index is 1.22. The van der Waals surface area contributed by atoms with Gasteiger partial charge in [-0.2, -0.15) is 5.26 Å². The van der Waals surface area contributed by atoms with Crippen LogP contribution in [-0.4, -0.2) is 89.4 Å². The third-order valence-corrected chi connectivity index (χ3v) is 9.35. The number of hydrogen-bond acceptors (Lipinski definition) is 13. The number of carbonyl (C=O) groups is 6. The van der Waals surface area contributed by atoms with Crippen LogP contribution in [0.15, 0.2) is 103 Å². The van der Waals surface area contributed by atoms with E-state index in [0.717, 1.165) is 13.2 Å². The summed E-state index contributed by atoms with van der Waals surface area (Å²) in [7, 11) is 3.53. The predicted octanol–water partition coefficient (Wildman–Crippen LogP) is 5.34. The fourth-order valence-corrected chi connectivity index (χ4v) is 6.00. The molecule has 0 aromatic heterocycles. The summed E-state index contributed by atoms with van der Waals surface area (Å²) in [5.74, 6) is -6.89. The molecule has 5 rings (SSSR count). The molecule has 2 atom stereocenters. The van der Waals surface area contributed by atoms with Crippen LogP contribution in [-0.2, 0) is 14.3 Å². The second-order valence-electron chi connectivity index (χ2n) is 13.6. The zero-order chi connectivity index (χ0) is 46.7. The molecule has 0 aliphatic rings. The molecule has 5 aromatic rings. The smallest absolute Gasteiger partial charge is 0.339 e. The van der Waals surface area contributed by atoms with Crippen LogP contribution in [0.2, 0.25) is 0 Å². The second kappa shape index (κ2) is 20.6. The standard InChI is InChI=1S/C45H40N6O13/c1-23(21-24-5-15-29(52)16-6-24)40(55)47-27-11-9-26(10-12-27)42(57)51-35(34(22-46)62-2)44(59)48-28-13-7-25(8-14-28)41(56)49-32-19-17-30(36(53)38(32)63-3)43(58)50-33-20-18-31(45(60)61)37(54)39(33)64-4/h5-21,34-35,52-54H,1-4H3,(H,47,55)(H,48,59)(H,49,56)(H,50,58)(H,51,57)(H,60,61)/b23-21+. The van der Waals surface area contributed by atoms with Crippen LogP contribution >= 0.6 is 0 Å². The molecule has 0 heterocycles. The van der Waals surface area contributed by atoms with Crippen molar-refractivity contribution < 1.29 is 63.4 Å². The zero-order valence-electron chi connectivity index (χ0n) is 34.4. The Morgan fingerprint density at radius 2 is 1.12 bits per heavy atom. The van der Waals surface area contributed by atoms with E-state index in [1.54, 1.807) is 25.1 Å². The summed E-state index contributed by atoms with van der Waals surface area (Å²) < 4.78 is 15.5. The number of rotatable bonds is 16. The van der Waals surface area contributed by atoms with Crippen molar-refractivity contribution in [1.82, 2.24) is 5.32 Å². The van der Waals surface area contributed by atoms with E-state index in [4.69, 9.17) is 14.2 Å². The van der Waals surface area contributed by atoms with Gasteiger partial charge in [-0.25, -0.2) is 4.79 Å². The number of methoxy groups -OCH3 is 3. The van der Waals surface area contributed by atoms with Crippen LogP contribution in [0.3, 0.4) is 0 Å². The van der Waals surface area contributed by atoms with Crippen LogP contribution in [0.1, 0.15) is 53.9 Å². The predicted molar refractivity (Wildman–Crippen MR) is 232 cm³/mol. The molecule has 0 aliphatic carbocycles. The molecule has 19 heteroatoms. The van der Waals surface area contributed by atoms with Crippen molar-refractivity contribution >= 4 is 64.3 Å². The summed E-state index contributed by atoms with van der Waals surface area (Å²) in [5.41, 5.74) is 0.907. The summed E-state index contributed by atoms with van der Waals surface area (Å²) in [6.07, 6.45) is 0.221. The molecule has 64 heavy (non-hydrogen) atoms. The largest absolute Gasteiger partial charge is 0.508 e. The van der Waals surface area contributed by atoms with E-state index in [2.05, 4.69) is 26.6 Å². The zero-order valence-corrected chi connectivity index (χ0v) is 34.4. The summed E-state index contributed by atoms with van der Waals surface area (Å²) >= 11 is 0. The number of phenols is 3. The number of nitrogens with one attached hydrogen (secondary N) is 5. The van der Waals surface area contributed by atoms with Gasteiger partial charge in [0.05, 0.1) is 37.2 Å². The van der Waals surface area contributed by atoms with E-state index in [0.29, 0.717) is 16.8 Å². The molecule has 19 nitrogen and oxygen atoms in total. The molecular weight excluding hydrogens is 833 g/mol. The molecule has 0 fully saturated rings. The number of nitriles is 1. The number of hydrogen-bond donors (Lipinski definition) is 9. The number of benzene rings is 5. The highest BCUT2D eigenvalue weighted by molar-refractivity contribution is 6.11. The van der Waals surface area contributed by atoms with E-state index >= 15 is 0 Å². The Hall–Kier alpha value is -8.89. The van der Waals surface area contributed by atoms with Crippen LogP contribution < -0.4 is 36.1 Å². The lowest BCUT2D eigenvalue weighted by molar-refractivity contribution is -0.120. The summed E-state index contributed by atoms with van der Waals surface area (Å²) in [4.78, 5) is 77.2. The van der Waals surface area contributed by atoms with Gasteiger partial charge in [-0.3, -0.25) is 24.0 Å². The second-order valence-corrected chi connectivity index (χ2v) is 13.6. The lowest BCUT2D eigenvalue weighted by atomic mass is 10.1. The molecule has 5 aromatic carbocycles. The van der Waals surface area contributed by atoms with Crippen molar-refractivity contribution in [2.24, 2.45) is 0 Å². The molecule has 0 aliphatic heterocycles. The van der Waals surface area contributed by atoms with Crippen LogP contribution in [0.5, 0.6) is 28.7 Å². The average molecular weight is 873 g/mol. The minimum Gasteiger partial charge on any atom is -0.508 e. The molecule has 5 amide bonds. The molecule has 0 bridgehead atoms. The van der Waals surface area contributed by atoms with Gasteiger partial charge in [0, 0.05) is 35.2 Å². The number of carboxylic acids is 1. The Labute approximate surface area is 364 Å². The molecule has 0 spiro atoms. The number of ether oxygens (including phenoxy) is 3. The first-order valence-electron chi connectivity index (χ1n) is 18.8. The summed E-state index contributed by atoms with van der Waals surface area (Å²) in [6.45, 7) is 1.62. The van der Waals surface area contributed by atoms with Crippen LogP contribution in [0, 0.1) is 11.3 Å². The van der Waals surface area contributed by atoms with Crippen LogP contribution in [0.4, 0.5) is 22.7 Å². The van der Waals surface area contributed by atoms with E-state index in [-0.39, 0.29) is 51.0 Å². The highest BCUT2D eigenvalue weighted by Crippen LogP contribution is 2.40. The third-order valence-electron chi connectivity index (χ3n) is 9.35. The van der Waals surface area contributed by atoms with Gasteiger partial charge in [0.1, 0.15) is 17.4 Å². The normalized spacial score (nSPS) is 11.8. The summed E-state index contributed by atoms with van der Waals surface area (Å²) in [5, 5.41) is 62.5. The van der Waals surface area contributed by atoms with Crippen molar-refractivity contribution in [2.45, 2.75) is 19.1 Å². The van der Waals surface area contributed by atoms with E-state index < -0.39 is 64.7 Å². The maximum absolute atomic E-state index is 13.4. The minimum atomic E-state index is -1.51. The number of aromatic carboxylic acids is 1.